The summed E-state index contributed by atoms with van der Waals surface area (Å²) in [6, 6.07) is 4.22. The molecule has 1 aromatic carbocycles. The zero-order valence-electron chi connectivity index (χ0n) is 11.7. The maximum atomic E-state index is 13.8. The Morgan fingerprint density at radius 2 is 2.10 bits per heavy atom. The second kappa shape index (κ2) is 6.65. The van der Waals surface area contributed by atoms with E-state index < -0.39 is 15.8 Å². The largest absolute Gasteiger partial charge is 0.313 e. The normalized spacial score (nSPS) is 16.1. The summed E-state index contributed by atoms with van der Waals surface area (Å²) in [5.74, 6) is -0.302. The van der Waals surface area contributed by atoms with Gasteiger partial charge in [0.05, 0.1) is 0 Å². The van der Waals surface area contributed by atoms with Crippen LogP contribution in [0.3, 0.4) is 0 Å². The van der Waals surface area contributed by atoms with Gasteiger partial charge in [0, 0.05) is 13.1 Å². The molecule has 1 aliphatic rings. The van der Waals surface area contributed by atoms with Crippen LogP contribution in [0.4, 0.5) is 4.39 Å². The quantitative estimate of drug-likeness (QED) is 0.810. The number of hydrogen-bond donors (Lipinski definition) is 2. The summed E-state index contributed by atoms with van der Waals surface area (Å²) in [6.07, 6.45) is 3.25. The molecule has 0 aliphatic heterocycles. The van der Waals surface area contributed by atoms with Gasteiger partial charge >= 0.3 is 0 Å². The number of halogens is 1. The Morgan fingerprint density at radius 3 is 2.70 bits per heavy atom. The van der Waals surface area contributed by atoms with Gasteiger partial charge in [-0.25, -0.2) is 17.5 Å². The molecule has 20 heavy (non-hydrogen) atoms. The molecular weight excluding hydrogens is 279 g/mol. The van der Waals surface area contributed by atoms with E-state index in [1.165, 1.54) is 12.1 Å². The minimum absolute atomic E-state index is 0.257. The number of hydrogen-bond acceptors (Lipinski definition) is 3. The van der Waals surface area contributed by atoms with Crippen molar-refractivity contribution < 1.29 is 12.8 Å². The SMILES string of the molecule is CCNCc1ccc(F)c(S(=O)(=O)NCC2CCC2)c1. The molecule has 1 saturated carbocycles. The van der Waals surface area contributed by atoms with Crippen molar-refractivity contribution in [2.24, 2.45) is 5.92 Å². The molecule has 0 saturated heterocycles. The minimum atomic E-state index is -3.76. The molecule has 6 heteroatoms. The fourth-order valence-electron chi connectivity index (χ4n) is 2.14. The Balaban J connectivity index is 2.11. The van der Waals surface area contributed by atoms with Gasteiger partial charge in [0.15, 0.2) is 0 Å². The second-order valence-corrected chi connectivity index (χ2v) is 6.93. The maximum Gasteiger partial charge on any atom is 0.243 e. The average Bonchev–Trinajstić information content (AvgIpc) is 2.35. The van der Waals surface area contributed by atoms with E-state index in [9.17, 15) is 12.8 Å². The highest BCUT2D eigenvalue weighted by Gasteiger charge is 2.23. The van der Waals surface area contributed by atoms with Crippen LogP contribution in [0.2, 0.25) is 0 Å². The van der Waals surface area contributed by atoms with Crippen molar-refractivity contribution in [3.8, 4) is 0 Å². The van der Waals surface area contributed by atoms with Crippen molar-refractivity contribution in [3.05, 3.63) is 29.6 Å². The van der Waals surface area contributed by atoms with Gasteiger partial charge in [-0.2, -0.15) is 0 Å². The summed E-state index contributed by atoms with van der Waals surface area (Å²) in [5, 5.41) is 3.09. The van der Waals surface area contributed by atoms with Crippen LogP contribution in [-0.2, 0) is 16.6 Å². The molecule has 1 aliphatic carbocycles. The first-order chi connectivity index (χ1) is 9.53. The molecule has 0 spiro atoms. The molecule has 0 heterocycles. The predicted molar refractivity (Wildman–Crippen MR) is 76.3 cm³/mol. The van der Waals surface area contributed by atoms with Crippen LogP contribution in [0, 0.1) is 11.7 Å². The Labute approximate surface area is 119 Å². The fourth-order valence-corrected chi connectivity index (χ4v) is 3.38. The van der Waals surface area contributed by atoms with E-state index >= 15 is 0 Å². The molecule has 0 aromatic heterocycles. The zero-order valence-corrected chi connectivity index (χ0v) is 12.5. The predicted octanol–water partition coefficient (Wildman–Crippen LogP) is 2.01. The molecule has 1 fully saturated rings. The summed E-state index contributed by atoms with van der Waals surface area (Å²) in [6.45, 7) is 3.67. The van der Waals surface area contributed by atoms with Crippen LogP contribution in [0.25, 0.3) is 0 Å². The van der Waals surface area contributed by atoms with Gasteiger partial charge in [-0.3, -0.25) is 0 Å². The van der Waals surface area contributed by atoms with Crippen molar-refractivity contribution in [2.45, 2.75) is 37.6 Å². The molecule has 0 radical (unpaired) electrons. The van der Waals surface area contributed by atoms with E-state index in [4.69, 9.17) is 0 Å². The molecule has 2 N–H and O–H groups in total. The molecule has 4 nitrogen and oxygen atoms in total. The van der Waals surface area contributed by atoms with Gasteiger partial charge in [-0.15, -0.1) is 0 Å². The van der Waals surface area contributed by atoms with Crippen LogP contribution < -0.4 is 10.0 Å². The van der Waals surface area contributed by atoms with E-state index in [0.29, 0.717) is 19.0 Å². The maximum absolute atomic E-state index is 13.8. The lowest BCUT2D eigenvalue weighted by Gasteiger charge is -2.25. The Hall–Kier alpha value is -0.980. The lowest BCUT2D eigenvalue weighted by Crippen LogP contribution is -2.32. The van der Waals surface area contributed by atoms with Crippen LogP contribution in [-0.4, -0.2) is 21.5 Å². The summed E-state index contributed by atoms with van der Waals surface area (Å²) >= 11 is 0. The van der Waals surface area contributed by atoms with E-state index in [-0.39, 0.29) is 4.90 Å². The molecule has 0 unspecified atom stereocenters. The number of nitrogens with one attached hydrogen (secondary N) is 2. The van der Waals surface area contributed by atoms with E-state index in [0.717, 1.165) is 31.4 Å². The van der Waals surface area contributed by atoms with Gasteiger partial charge in [0.25, 0.3) is 0 Å². The van der Waals surface area contributed by atoms with Crippen LogP contribution >= 0.6 is 0 Å². The van der Waals surface area contributed by atoms with Crippen molar-refractivity contribution in [2.75, 3.05) is 13.1 Å². The van der Waals surface area contributed by atoms with E-state index in [1.807, 2.05) is 6.92 Å². The van der Waals surface area contributed by atoms with Crippen LogP contribution in [0.15, 0.2) is 23.1 Å². The lowest BCUT2D eigenvalue weighted by molar-refractivity contribution is 0.316. The molecule has 1 aromatic rings. The van der Waals surface area contributed by atoms with Gasteiger partial charge in [-0.1, -0.05) is 19.4 Å². The summed E-state index contributed by atoms with van der Waals surface area (Å²) < 4.78 is 40.6. The molecule has 2 rings (SSSR count). The molecule has 0 amide bonds. The number of sulfonamides is 1. The molecule has 112 valence electrons. The fraction of sp³-hybridized carbons (Fsp3) is 0.571. The monoisotopic (exact) mass is 300 g/mol. The Bertz CT molecular complexity index is 556. The standard InChI is InChI=1S/C14H21FN2O2S/c1-2-16-9-12-6-7-13(15)14(8-12)20(18,19)17-10-11-4-3-5-11/h6-8,11,16-17H,2-5,9-10H2,1H3. The van der Waals surface area contributed by atoms with Gasteiger partial charge in [0.2, 0.25) is 10.0 Å². The Kier molecular flexibility index (Phi) is 5.12. The third kappa shape index (κ3) is 3.77. The topological polar surface area (TPSA) is 58.2 Å². The van der Waals surface area contributed by atoms with E-state index in [2.05, 4.69) is 10.0 Å². The smallest absolute Gasteiger partial charge is 0.243 e. The van der Waals surface area contributed by atoms with Crippen LogP contribution in [0.5, 0.6) is 0 Å². The van der Waals surface area contributed by atoms with Crippen molar-refractivity contribution in [1.29, 1.82) is 0 Å². The van der Waals surface area contributed by atoms with Crippen LogP contribution in [0.1, 0.15) is 31.7 Å². The number of benzene rings is 1. The third-order valence-corrected chi connectivity index (χ3v) is 5.09. The van der Waals surface area contributed by atoms with Crippen molar-refractivity contribution in [3.63, 3.8) is 0 Å². The third-order valence-electron chi connectivity index (χ3n) is 3.65. The highest BCUT2D eigenvalue weighted by molar-refractivity contribution is 7.89. The molecule has 0 atom stereocenters. The molecule has 0 bridgehead atoms. The summed E-state index contributed by atoms with van der Waals surface area (Å²) in [5.41, 5.74) is 0.761. The Morgan fingerprint density at radius 1 is 1.35 bits per heavy atom. The van der Waals surface area contributed by atoms with Crippen molar-refractivity contribution >= 4 is 10.0 Å². The first-order valence-electron chi connectivity index (χ1n) is 7.01. The summed E-state index contributed by atoms with van der Waals surface area (Å²) in [4.78, 5) is -0.257. The van der Waals surface area contributed by atoms with Gasteiger partial charge in [0.1, 0.15) is 10.7 Å². The minimum Gasteiger partial charge on any atom is -0.313 e. The second-order valence-electron chi connectivity index (χ2n) is 5.19. The van der Waals surface area contributed by atoms with E-state index in [1.54, 1.807) is 6.07 Å². The number of rotatable bonds is 7. The molecular formula is C14H21FN2O2S. The van der Waals surface area contributed by atoms with Gasteiger partial charge in [-0.05, 0) is 43.0 Å². The lowest BCUT2D eigenvalue weighted by atomic mass is 9.86. The van der Waals surface area contributed by atoms with Crippen molar-refractivity contribution in [1.82, 2.24) is 10.0 Å². The summed E-state index contributed by atoms with van der Waals surface area (Å²) in [7, 11) is -3.76. The highest BCUT2D eigenvalue weighted by Crippen LogP contribution is 2.26. The first-order valence-corrected chi connectivity index (χ1v) is 8.50. The average molecular weight is 300 g/mol. The first kappa shape index (κ1) is 15.4. The van der Waals surface area contributed by atoms with Gasteiger partial charge < -0.3 is 5.32 Å². The zero-order chi connectivity index (χ0) is 14.6. The highest BCUT2D eigenvalue weighted by atomic mass is 32.2.